The minimum absolute atomic E-state index is 0.224. The number of carbonyl (C=O) groups excluding carboxylic acids is 1. The summed E-state index contributed by atoms with van der Waals surface area (Å²) in [5.41, 5.74) is 0.0823. The van der Waals surface area contributed by atoms with Gasteiger partial charge in [-0.3, -0.25) is 4.79 Å². The van der Waals surface area contributed by atoms with Crippen LogP contribution in [-0.2, 0) is 9.53 Å². The first-order valence-electron chi connectivity index (χ1n) is 5.27. The van der Waals surface area contributed by atoms with Crippen LogP contribution in [-0.4, -0.2) is 38.6 Å². The SMILES string of the molecule is COC(=O)C(C)CSc1ccc2n[nH]c(=O)n2n1. The van der Waals surface area contributed by atoms with Crippen molar-refractivity contribution in [1.82, 2.24) is 19.8 Å². The van der Waals surface area contributed by atoms with E-state index < -0.39 is 0 Å². The van der Waals surface area contributed by atoms with Gasteiger partial charge in [0.05, 0.1) is 13.0 Å². The summed E-state index contributed by atoms with van der Waals surface area (Å²) in [6, 6.07) is 3.44. The zero-order valence-corrected chi connectivity index (χ0v) is 10.7. The number of ether oxygens (including phenoxy) is 1. The molecular formula is C10H12N4O3S. The highest BCUT2D eigenvalue weighted by Crippen LogP contribution is 2.18. The van der Waals surface area contributed by atoms with Gasteiger partial charge in [0.1, 0.15) is 5.03 Å². The smallest absolute Gasteiger partial charge is 0.364 e. The van der Waals surface area contributed by atoms with Crippen molar-refractivity contribution in [2.24, 2.45) is 5.92 Å². The molecule has 1 unspecified atom stereocenters. The van der Waals surface area contributed by atoms with Crippen LogP contribution >= 0.6 is 11.8 Å². The third-order valence-corrected chi connectivity index (χ3v) is 3.51. The highest BCUT2D eigenvalue weighted by molar-refractivity contribution is 7.99. The number of esters is 1. The van der Waals surface area contributed by atoms with Crippen molar-refractivity contribution < 1.29 is 9.53 Å². The van der Waals surface area contributed by atoms with E-state index in [4.69, 9.17) is 0 Å². The summed E-state index contributed by atoms with van der Waals surface area (Å²) in [6.45, 7) is 1.78. The Labute approximate surface area is 107 Å². The van der Waals surface area contributed by atoms with Crippen LogP contribution in [0.1, 0.15) is 6.92 Å². The molecule has 0 fully saturated rings. The zero-order chi connectivity index (χ0) is 13.1. The lowest BCUT2D eigenvalue weighted by Crippen LogP contribution is -2.15. The van der Waals surface area contributed by atoms with Crippen molar-refractivity contribution in [2.75, 3.05) is 12.9 Å². The van der Waals surface area contributed by atoms with Crippen LogP contribution in [0, 0.1) is 5.92 Å². The van der Waals surface area contributed by atoms with E-state index in [1.807, 2.05) is 0 Å². The Balaban J connectivity index is 2.10. The van der Waals surface area contributed by atoms with Crippen molar-refractivity contribution in [3.63, 3.8) is 0 Å². The van der Waals surface area contributed by atoms with E-state index in [1.165, 1.54) is 23.4 Å². The third-order valence-electron chi connectivity index (χ3n) is 2.33. The van der Waals surface area contributed by atoms with Crippen LogP contribution in [0.3, 0.4) is 0 Å². The molecule has 1 N–H and O–H groups in total. The number of fused-ring (bicyclic) bond motifs is 1. The Bertz CT molecular complexity index is 621. The monoisotopic (exact) mass is 268 g/mol. The largest absolute Gasteiger partial charge is 0.469 e. The molecule has 0 spiro atoms. The normalized spacial score (nSPS) is 12.6. The molecule has 2 rings (SSSR count). The fourth-order valence-corrected chi connectivity index (χ4v) is 2.20. The Morgan fingerprint density at radius 2 is 2.39 bits per heavy atom. The first-order valence-corrected chi connectivity index (χ1v) is 6.25. The van der Waals surface area contributed by atoms with Crippen LogP contribution in [0.5, 0.6) is 0 Å². The van der Waals surface area contributed by atoms with Crippen LogP contribution in [0.25, 0.3) is 5.65 Å². The van der Waals surface area contributed by atoms with Gasteiger partial charge in [-0.05, 0) is 12.1 Å². The Morgan fingerprint density at radius 3 is 3.11 bits per heavy atom. The topological polar surface area (TPSA) is 89.3 Å². The van der Waals surface area contributed by atoms with E-state index in [2.05, 4.69) is 20.0 Å². The van der Waals surface area contributed by atoms with E-state index in [1.54, 1.807) is 19.1 Å². The third kappa shape index (κ3) is 2.53. The minimum atomic E-state index is -0.381. The number of hydrogen-bond donors (Lipinski definition) is 1. The molecule has 0 radical (unpaired) electrons. The number of hydrogen-bond acceptors (Lipinski definition) is 6. The standard InChI is InChI=1S/C10H12N4O3S/c1-6(9(15)17-2)5-18-8-4-3-7-11-12-10(16)14(7)13-8/h3-4,6H,5H2,1-2H3,(H,12,16). The number of nitrogens with zero attached hydrogens (tertiary/aromatic N) is 3. The van der Waals surface area contributed by atoms with Gasteiger partial charge < -0.3 is 4.74 Å². The van der Waals surface area contributed by atoms with Gasteiger partial charge in [-0.2, -0.15) is 14.7 Å². The van der Waals surface area contributed by atoms with Crippen LogP contribution < -0.4 is 5.69 Å². The molecule has 0 aliphatic heterocycles. The van der Waals surface area contributed by atoms with E-state index in [0.717, 1.165) is 0 Å². The van der Waals surface area contributed by atoms with E-state index in [9.17, 15) is 9.59 Å². The second-order valence-corrected chi connectivity index (χ2v) is 4.75. The Kier molecular flexibility index (Phi) is 3.66. The lowest BCUT2D eigenvalue weighted by atomic mass is 10.2. The maximum atomic E-state index is 11.3. The molecule has 2 heterocycles. The van der Waals surface area contributed by atoms with Gasteiger partial charge in [0.2, 0.25) is 0 Å². The summed E-state index contributed by atoms with van der Waals surface area (Å²) in [4.78, 5) is 22.6. The average Bonchev–Trinajstić information content (AvgIpc) is 2.76. The van der Waals surface area contributed by atoms with E-state index in [0.29, 0.717) is 16.4 Å². The molecule has 1 atom stereocenters. The van der Waals surface area contributed by atoms with Gasteiger partial charge in [-0.15, -0.1) is 11.8 Å². The van der Waals surface area contributed by atoms with Gasteiger partial charge >= 0.3 is 11.7 Å². The molecule has 18 heavy (non-hydrogen) atoms. The quantitative estimate of drug-likeness (QED) is 0.634. The second-order valence-electron chi connectivity index (χ2n) is 3.71. The van der Waals surface area contributed by atoms with E-state index >= 15 is 0 Å². The van der Waals surface area contributed by atoms with Gasteiger partial charge in [-0.25, -0.2) is 9.89 Å². The predicted molar refractivity (Wildman–Crippen MR) is 65.5 cm³/mol. The molecule has 0 aromatic carbocycles. The Morgan fingerprint density at radius 1 is 1.61 bits per heavy atom. The van der Waals surface area contributed by atoms with Crippen LogP contribution in [0.15, 0.2) is 22.0 Å². The molecule has 0 bridgehead atoms. The highest BCUT2D eigenvalue weighted by atomic mass is 32.2. The average molecular weight is 268 g/mol. The number of methoxy groups -OCH3 is 1. The molecule has 2 aromatic heterocycles. The van der Waals surface area contributed by atoms with Crippen molar-refractivity contribution in [3.05, 3.63) is 22.6 Å². The number of thioether (sulfide) groups is 1. The van der Waals surface area contributed by atoms with Crippen molar-refractivity contribution in [3.8, 4) is 0 Å². The lowest BCUT2D eigenvalue weighted by Gasteiger charge is -2.07. The first kappa shape index (κ1) is 12.6. The molecule has 0 aliphatic carbocycles. The number of aromatic amines is 1. The van der Waals surface area contributed by atoms with E-state index in [-0.39, 0.29) is 17.6 Å². The lowest BCUT2D eigenvalue weighted by molar-refractivity contribution is -0.143. The number of aromatic nitrogens is 4. The second kappa shape index (κ2) is 5.21. The van der Waals surface area contributed by atoms with Gasteiger partial charge in [0.25, 0.3) is 0 Å². The molecule has 8 heteroatoms. The molecule has 7 nitrogen and oxygen atoms in total. The summed E-state index contributed by atoms with van der Waals surface area (Å²) >= 11 is 1.39. The molecule has 0 saturated heterocycles. The number of H-pyrrole nitrogens is 1. The zero-order valence-electron chi connectivity index (χ0n) is 9.91. The summed E-state index contributed by atoms with van der Waals surface area (Å²) < 4.78 is 5.82. The molecule has 2 aromatic rings. The van der Waals surface area contributed by atoms with Crippen LogP contribution in [0.4, 0.5) is 0 Å². The van der Waals surface area contributed by atoms with Crippen molar-refractivity contribution in [1.29, 1.82) is 0 Å². The molecule has 0 amide bonds. The number of nitrogens with one attached hydrogen (secondary N) is 1. The van der Waals surface area contributed by atoms with Gasteiger partial charge in [0, 0.05) is 5.75 Å². The van der Waals surface area contributed by atoms with Gasteiger partial charge in [-0.1, -0.05) is 6.92 Å². The van der Waals surface area contributed by atoms with Crippen molar-refractivity contribution in [2.45, 2.75) is 11.9 Å². The fraction of sp³-hybridized carbons (Fsp3) is 0.400. The molecular weight excluding hydrogens is 256 g/mol. The maximum Gasteiger partial charge on any atom is 0.364 e. The van der Waals surface area contributed by atoms with Gasteiger partial charge in [0.15, 0.2) is 5.65 Å². The highest BCUT2D eigenvalue weighted by Gasteiger charge is 2.14. The molecule has 0 aliphatic rings. The number of carbonyl (C=O) groups is 1. The Hall–Kier alpha value is -1.83. The maximum absolute atomic E-state index is 11.3. The first-order chi connectivity index (χ1) is 8.61. The molecule has 0 saturated carbocycles. The summed E-state index contributed by atoms with van der Waals surface area (Å²) in [5, 5.41) is 10.9. The summed E-state index contributed by atoms with van der Waals surface area (Å²) in [6.07, 6.45) is 0. The summed E-state index contributed by atoms with van der Waals surface area (Å²) in [5.74, 6) is 0.0558. The summed E-state index contributed by atoms with van der Waals surface area (Å²) in [7, 11) is 1.36. The molecule has 96 valence electrons. The van der Waals surface area contributed by atoms with Crippen molar-refractivity contribution >= 4 is 23.4 Å². The number of rotatable bonds is 4. The minimum Gasteiger partial charge on any atom is -0.469 e. The van der Waals surface area contributed by atoms with Crippen LogP contribution in [0.2, 0.25) is 0 Å². The predicted octanol–water partition coefficient (Wildman–Crippen LogP) is 0.319. The fourth-order valence-electron chi connectivity index (χ4n) is 1.34.